The summed E-state index contributed by atoms with van der Waals surface area (Å²) in [7, 11) is 0. The van der Waals surface area contributed by atoms with Gasteiger partial charge in [-0.15, -0.1) is 11.6 Å². The van der Waals surface area contributed by atoms with Gasteiger partial charge in [-0.05, 0) is 36.6 Å². The summed E-state index contributed by atoms with van der Waals surface area (Å²) in [6.07, 6.45) is 2.22. The highest BCUT2D eigenvalue weighted by atomic mass is 35.5. The minimum atomic E-state index is 0.175. The van der Waals surface area contributed by atoms with E-state index < -0.39 is 0 Å². The Bertz CT molecular complexity index is 377. The molecule has 88 valence electrons. The predicted octanol–water partition coefficient (Wildman–Crippen LogP) is 3.15. The zero-order valence-electron chi connectivity index (χ0n) is 9.41. The van der Waals surface area contributed by atoms with Crippen molar-refractivity contribution < 1.29 is 4.79 Å². The Hall–Kier alpha value is -0.540. The van der Waals surface area contributed by atoms with E-state index in [1.165, 1.54) is 0 Å². The third-order valence-corrected chi connectivity index (χ3v) is 4.41. The van der Waals surface area contributed by atoms with Gasteiger partial charge in [0.25, 0.3) is 5.91 Å². The van der Waals surface area contributed by atoms with E-state index in [0.29, 0.717) is 11.8 Å². The van der Waals surface area contributed by atoms with Crippen molar-refractivity contribution in [3.05, 3.63) is 21.9 Å². The van der Waals surface area contributed by atoms with Gasteiger partial charge in [-0.3, -0.25) is 4.79 Å². The summed E-state index contributed by atoms with van der Waals surface area (Å²) < 4.78 is 0. The smallest absolute Gasteiger partial charge is 0.254 e. The highest BCUT2D eigenvalue weighted by Gasteiger charge is 2.24. The Morgan fingerprint density at radius 3 is 3.06 bits per heavy atom. The van der Waals surface area contributed by atoms with Gasteiger partial charge in [-0.25, -0.2) is 0 Å². The van der Waals surface area contributed by atoms with Crippen LogP contribution in [0.2, 0.25) is 0 Å². The summed E-state index contributed by atoms with van der Waals surface area (Å²) in [6, 6.07) is 0. The van der Waals surface area contributed by atoms with Crippen LogP contribution in [-0.2, 0) is 0 Å². The van der Waals surface area contributed by atoms with Crippen LogP contribution in [0.25, 0.3) is 0 Å². The fourth-order valence-corrected chi connectivity index (χ4v) is 3.20. The number of amides is 1. The van der Waals surface area contributed by atoms with E-state index in [2.05, 4.69) is 0 Å². The molecule has 0 radical (unpaired) electrons. The second kappa shape index (κ2) is 5.19. The molecule has 0 aromatic carbocycles. The maximum atomic E-state index is 12.2. The second-order valence-corrected chi connectivity index (χ2v) is 5.43. The van der Waals surface area contributed by atoms with Crippen molar-refractivity contribution in [1.29, 1.82) is 0 Å². The number of thiophene rings is 1. The molecular weight excluding hydrogens is 242 g/mol. The minimum absolute atomic E-state index is 0.175. The molecule has 1 amide bonds. The zero-order chi connectivity index (χ0) is 11.5. The number of alkyl halides is 1. The maximum Gasteiger partial charge on any atom is 0.254 e. The van der Waals surface area contributed by atoms with Crippen LogP contribution >= 0.6 is 22.9 Å². The lowest BCUT2D eigenvalue weighted by molar-refractivity contribution is 0.0684. The average Bonchev–Trinajstić information content (AvgIpc) is 2.74. The van der Waals surface area contributed by atoms with Gasteiger partial charge in [-0.2, -0.15) is 11.3 Å². The maximum absolute atomic E-state index is 12.2. The van der Waals surface area contributed by atoms with Crippen molar-refractivity contribution in [1.82, 2.24) is 4.90 Å². The highest BCUT2D eigenvalue weighted by molar-refractivity contribution is 7.08. The molecule has 1 atom stereocenters. The third kappa shape index (κ3) is 2.41. The number of carbonyl (C=O) groups excluding carboxylic acids is 1. The summed E-state index contributed by atoms with van der Waals surface area (Å²) >= 11 is 7.46. The van der Waals surface area contributed by atoms with Gasteiger partial charge in [-0.1, -0.05) is 0 Å². The SMILES string of the molecule is Cc1cscc1C(=O)N1CCCC(CCl)C1. The molecule has 1 aliphatic heterocycles. The summed E-state index contributed by atoms with van der Waals surface area (Å²) in [5.74, 6) is 1.30. The van der Waals surface area contributed by atoms with Gasteiger partial charge in [0, 0.05) is 24.3 Å². The number of hydrogen-bond acceptors (Lipinski definition) is 2. The molecule has 1 aromatic heterocycles. The molecule has 2 nitrogen and oxygen atoms in total. The van der Waals surface area contributed by atoms with E-state index >= 15 is 0 Å². The van der Waals surface area contributed by atoms with Gasteiger partial charge in [0.2, 0.25) is 0 Å². The summed E-state index contributed by atoms with van der Waals surface area (Å²) in [4.78, 5) is 14.2. The molecule has 16 heavy (non-hydrogen) atoms. The molecule has 2 rings (SSSR count). The van der Waals surface area contributed by atoms with Crippen molar-refractivity contribution in [2.75, 3.05) is 19.0 Å². The molecular formula is C12H16ClNOS. The van der Waals surface area contributed by atoms with Crippen LogP contribution in [0.15, 0.2) is 10.8 Å². The second-order valence-electron chi connectivity index (χ2n) is 4.38. The van der Waals surface area contributed by atoms with E-state index in [4.69, 9.17) is 11.6 Å². The number of piperidine rings is 1. The topological polar surface area (TPSA) is 20.3 Å². The van der Waals surface area contributed by atoms with Crippen molar-refractivity contribution in [2.45, 2.75) is 19.8 Å². The number of carbonyl (C=O) groups is 1. The number of likely N-dealkylation sites (tertiary alicyclic amines) is 1. The standard InChI is InChI=1S/C12H16ClNOS/c1-9-7-16-8-11(9)12(15)14-4-2-3-10(5-13)6-14/h7-8,10H,2-6H2,1H3. The fraction of sp³-hybridized carbons (Fsp3) is 0.583. The van der Waals surface area contributed by atoms with Gasteiger partial charge < -0.3 is 4.90 Å². The summed E-state index contributed by atoms with van der Waals surface area (Å²) in [5.41, 5.74) is 1.95. The van der Waals surface area contributed by atoms with E-state index in [-0.39, 0.29) is 5.91 Å². The first kappa shape index (κ1) is 11.9. The van der Waals surface area contributed by atoms with E-state index in [9.17, 15) is 4.79 Å². The first-order valence-corrected chi connectivity index (χ1v) is 7.08. The van der Waals surface area contributed by atoms with Gasteiger partial charge in [0.15, 0.2) is 0 Å². The lowest BCUT2D eigenvalue weighted by Crippen LogP contribution is -2.40. The monoisotopic (exact) mass is 257 g/mol. The van der Waals surface area contributed by atoms with Crippen molar-refractivity contribution in [3.63, 3.8) is 0 Å². The number of hydrogen-bond donors (Lipinski definition) is 0. The largest absolute Gasteiger partial charge is 0.338 e. The van der Waals surface area contributed by atoms with Crippen LogP contribution in [-0.4, -0.2) is 29.8 Å². The Balaban J connectivity index is 2.07. The summed E-state index contributed by atoms with van der Waals surface area (Å²) in [6.45, 7) is 3.69. The molecule has 4 heteroatoms. The molecule has 0 N–H and O–H groups in total. The highest BCUT2D eigenvalue weighted by Crippen LogP contribution is 2.22. The number of aryl methyl sites for hydroxylation is 1. The average molecular weight is 258 g/mol. The Kier molecular flexibility index (Phi) is 3.87. The zero-order valence-corrected chi connectivity index (χ0v) is 11.0. The predicted molar refractivity (Wildman–Crippen MR) is 68.4 cm³/mol. The number of halogens is 1. The molecule has 1 fully saturated rings. The Morgan fingerprint density at radius 1 is 1.62 bits per heavy atom. The van der Waals surface area contributed by atoms with Crippen LogP contribution in [0, 0.1) is 12.8 Å². The first-order chi connectivity index (χ1) is 7.72. The van der Waals surface area contributed by atoms with Crippen molar-refractivity contribution >= 4 is 28.8 Å². The fourth-order valence-electron chi connectivity index (χ4n) is 2.13. The first-order valence-electron chi connectivity index (χ1n) is 5.60. The van der Waals surface area contributed by atoms with Crippen LogP contribution in [0.5, 0.6) is 0 Å². The van der Waals surface area contributed by atoms with E-state index in [0.717, 1.165) is 37.1 Å². The van der Waals surface area contributed by atoms with E-state index in [1.807, 2.05) is 22.6 Å². The van der Waals surface area contributed by atoms with Crippen LogP contribution in [0.1, 0.15) is 28.8 Å². The van der Waals surface area contributed by atoms with Crippen LogP contribution in [0.4, 0.5) is 0 Å². The van der Waals surface area contributed by atoms with Crippen LogP contribution < -0.4 is 0 Å². The normalized spacial score (nSPS) is 21.1. The molecule has 0 spiro atoms. The Morgan fingerprint density at radius 2 is 2.44 bits per heavy atom. The molecule has 1 aliphatic rings. The van der Waals surface area contributed by atoms with Gasteiger partial charge >= 0.3 is 0 Å². The molecule has 1 saturated heterocycles. The van der Waals surface area contributed by atoms with E-state index in [1.54, 1.807) is 11.3 Å². The van der Waals surface area contributed by atoms with Gasteiger partial charge in [0.1, 0.15) is 0 Å². The third-order valence-electron chi connectivity index (χ3n) is 3.11. The molecule has 1 aromatic rings. The quantitative estimate of drug-likeness (QED) is 0.746. The molecule has 0 saturated carbocycles. The minimum Gasteiger partial charge on any atom is -0.338 e. The lowest BCUT2D eigenvalue weighted by Gasteiger charge is -2.31. The van der Waals surface area contributed by atoms with Crippen molar-refractivity contribution in [3.8, 4) is 0 Å². The molecule has 1 unspecified atom stereocenters. The number of nitrogens with zero attached hydrogens (tertiary/aromatic N) is 1. The van der Waals surface area contributed by atoms with Crippen molar-refractivity contribution in [2.24, 2.45) is 5.92 Å². The Labute approximate surface area is 105 Å². The van der Waals surface area contributed by atoms with Crippen LogP contribution in [0.3, 0.4) is 0 Å². The molecule has 0 aliphatic carbocycles. The summed E-state index contributed by atoms with van der Waals surface area (Å²) in [5, 5.41) is 3.97. The van der Waals surface area contributed by atoms with Gasteiger partial charge in [0.05, 0.1) is 5.56 Å². The number of rotatable bonds is 2. The molecule has 2 heterocycles. The lowest BCUT2D eigenvalue weighted by atomic mass is 9.99. The molecule has 0 bridgehead atoms.